The number of nitrogens with one attached hydrogen (secondary N) is 3. The Morgan fingerprint density at radius 3 is 2.59 bits per heavy atom. The van der Waals surface area contributed by atoms with E-state index in [4.69, 9.17) is 4.98 Å². The van der Waals surface area contributed by atoms with Crippen molar-refractivity contribution in [2.45, 2.75) is 19.9 Å². The Morgan fingerprint density at radius 1 is 0.824 bits per heavy atom. The van der Waals surface area contributed by atoms with Crippen molar-refractivity contribution in [3.8, 4) is 33.9 Å². The summed E-state index contributed by atoms with van der Waals surface area (Å²) in [5.41, 5.74) is 8.17. The first-order valence-corrected chi connectivity index (χ1v) is 11.1. The van der Waals surface area contributed by atoms with Gasteiger partial charge in [-0.15, -0.1) is 0 Å². The second-order valence-corrected chi connectivity index (χ2v) is 8.48. The van der Waals surface area contributed by atoms with Gasteiger partial charge in [0.05, 0.1) is 22.4 Å². The van der Waals surface area contributed by atoms with Gasteiger partial charge in [0.1, 0.15) is 11.2 Å². The van der Waals surface area contributed by atoms with Crippen LogP contribution in [0.5, 0.6) is 0 Å². The summed E-state index contributed by atoms with van der Waals surface area (Å²) in [5, 5.41) is 12.1. The Hall–Kier alpha value is -4.59. The van der Waals surface area contributed by atoms with Gasteiger partial charge in [0.15, 0.2) is 5.82 Å². The first-order valence-electron chi connectivity index (χ1n) is 11.1. The van der Waals surface area contributed by atoms with E-state index < -0.39 is 0 Å². The summed E-state index contributed by atoms with van der Waals surface area (Å²) in [6.45, 7) is 4.22. The largest absolute Gasteiger partial charge is 0.382 e. The van der Waals surface area contributed by atoms with E-state index in [2.05, 4.69) is 67.5 Å². The molecule has 0 radical (unpaired) electrons. The van der Waals surface area contributed by atoms with Crippen LogP contribution >= 0.6 is 0 Å². The lowest BCUT2D eigenvalue weighted by atomic mass is 10.0. The van der Waals surface area contributed by atoms with Crippen molar-refractivity contribution in [1.29, 1.82) is 0 Å². The first kappa shape index (κ1) is 20.0. The molecule has 6 rings (SSSR count). The molecule has 0 saturated heterocycles. The molecule has 0 aliphatic rings. The predicted octanol–water partition coefficient (Wildman–Crippen LogP) is 5.45. The van der Waals surface area contributed by atoms with Crippen molar-refractivity contribution in [2.75, 3.05) is 5.32 Å². The third-order valence-corrected chi connectivity index (χ3v) is 5.65. The molecule has 34 heavy (non-hydrogen) atoms. The van der Waals surface area contributed by atoms with Crippen molar-refractivity contribution in [3.63, 3.8) is 0 Å². The van der Waals surface area contributed by atoms with Gasteiger partial charge in [-0.3, -0.25) is 20.1 Å². The normalized spacial score (nSPS) is 11.5. The minimum Gasteiger partial charge on any atom is -0.382 e. The van der Waals surface area contributed by atoms with Crippen LogP contribution in [-0.2, 0) is 0 Å². The number of aromatic amines is 2. The van der Waals surface area contributed by atoms with Crippen molar-refractivity contribution in [3.05, 3.63) is 73.4 Å². The molecule has 0 atom stereocenters. The highest BCUT2D eigenvalue weighted by atomic mass is 15.1. The molecule has 5 heterocycles. The highest BCUT2D eigenvalue weighted by Gasteiger charge is 2.16. The molecule has 0 unspecified atom stereocenters. The number of hydrogen-bond donors (Lipinski definition) is 3. The maximum atomic E-state index is 4.88. The van der Waals surface area contributed by atoms with Gasteiger partial charge in [-0.1, -0.05) is 6.07 Å². The number of hydrogen-bond acceptors (Lipinski definition) is 6. The third-order valence-electron chi connectivity index (χ3n) is 5.65. The summed E-state index contributed by atoms with van der Waals surface area (Å²) in [5.74, 6) is 0.685. The average Bonchev–Trinajstić information content (AvgIpc) is 3.48. The van der Waals surface area contributed by atoms with Crippen LogP contribution in [0.4, 0.5) is 5.69 Å². The minimum atomic E-state index is 0.333. The molecular weight excluding hydrogens is 424 g/mol. The predicted molar refractivity (Wildman–Crippen MR) is 134 cm³/mol. The zero-order chi connectivity index (χ0) is 23.1. The van der Waals surface area contributed by atoms with E-state index in [0.717, 1.165) is 55.7 Å². The lowest BCUT2D eigenvalue weighted by molar-refractivity contribution is 0.898. The monoisotopic (exact) mass is 446 g/mol. The molecule has 166 valence electrons. The van der Waals surface area contributed by atoms with Crippen LogP contribution in [0.25, 0.3) is 55.8 Å². The van der Waals surface area contributed by atoms with Gasteiger partial charge in [0.25, 0.3) is 0 Å². The molecule has 8 nitrogen and oxygen atoms in total. The van der Waals surface area contributed by atoms with E-state index in [-0.39, 0.29) is 0 Å². The summed E-state index contributed by atoms with van der Waals surface area (Å²) < 4.78 is 0. The summed E-state index contributed by atoms with van der Waals surface area (Å²) >= 11 is 0. The van der Waals surface area contributed by atoms with E-state index >= 15 is 0 Å². The zero-order valence-electron chi connectivity index (χ0n) is 18.7. The lowest BCUT2D eigenvalue weighted by Gasteiger charge is -2.11. The van der Waals surface area contributed by atoms with E-state index in [9.17, 15) is 0 Å². The molecule has 0 aliphatic carbocycles. The molecule has 1 aromatic carbocycles. The van der Waals surface area contributed by atoms with Crippen LogP contribution in [0.3, 0.4) is 0 Å². The van der Waals surface area contributed by atoms with E-state index in [0.29, 0.717) is 11.9 Å². The molecule has 0 saturated carbocycles. The molecule has 0 aliphatic heterocycles. The maximum Gasteiger partial charge on any atom is 0.159 e. The fraction of sp³-hybridized carbons (Fsp3) is 0.115. The van der Waals surface area contributed by atoms with Gasteiger partial charge >= 0.3 is 0 Å². The third kappa shape index (κ3) is 3.55. The van der Waals surface area contributed by atoms with Crippen molar-refractivity contribution >= 4 is 27.6 Å². The zero-order valence-corrected chi connectivity index (χ0v) is 18.7. The topological polar surface area (TPSA) is 108 Å². The Morgan fingerprint density at radius 2 is 1.74 bits per heavy atom. The molecule has 6 aromatic rings. The van der Waals surface area contributed by atoms with E-state index in [1.54, 1.807) is 18.6 Å². The summed E-state index contributed by atoms with van der Waals surface area (Å²) in [6, 6.07) is 14.5. The van der Waals surface area contributed by atoms with Gasteiger partial charge < -0.3 is 10.3 Å². The van der Waals surface area contributed by atoms with Crippen LogP contribution in [0.1, 0.15) is 13.8 Å². The van der Waals surface area contributed by atoms with Crippen LogP contribution in [0.15, 0.2) is 73.4 Å². The lowest BCUT2D eigenvalue weighted by Crippen LogP contribution is -2.09. The fourth-order valence-corrected chi connectivity index (χ4v) is 4.15. The number of pyridine rings is 3. The standard InChI is InChI=1S/C26H22N8/c1-15(2)30-19-10-18(13-28-14-19)16-5-6-21-20(11-16)24(34-33-21)26-31-22-7-9-29-23(25(22)32-26)17-4-3-8-27-12-17/h3-15,30H,1-2H3,(H,31,32)(H,33,34). The fourth-order valence-electron chi connectivity index (χ4n) is 4.15. The van der Waals surface area contributed by atoms with Crippen LogP contribution in [-0.4, -0.2) is 41.2 Å². The number of fused-ring (bicyclic) bond motifs is 2. The molecular formula is C26H22N8. The number of benzene rings is 1. The molecule has 5 aromatic heterocycles. The molecule has 3 N–H and O–H groups in total. The number of H-pyrrole nitrogens is 2. The van der Waals surface area contributed by atoms with Crippen molar-refractivity contribution < 1.29 is 0 Å². The maximum absolute atomic E-state index is 4.88. The van der Waals surface area contributed by atoms with Gasteiger partial charge in [-0.25, -0.2) is 4.98 Å². The number of aromatic nitrogens is 7. The number of rotatable bonds is 5. The minimum absolute atomic E-state index is 0.333. The van der Waals surface area contributed by atoms with Gasteiger partial charge in [-0.2, -0.15) is 5.10 Å². The Kier molecular flexibility index (Phi) is 4.76. The smallest absolute Gasteiger partial charge is 0.159 e. The Balaban J connectivity index is 1.45. The first-order chi connectivity index (χ1) is 16.7. The SMILES string of the molecule is CC(C)Nc1cncc(-c2ccc3[nH]nc(-c4nc5c(-c6cccnc6)nccc5[nH]4)c3c2)c1. The number of anilines is 1. The van der Waals surface area contributed by atoms with Gasteiger partial charge in [0, 0.05) is 53.5 Å². The van der Waals surface area contributed by atoms with Crippen molar-refractivity contribution in [1.82, 2.24) is 35.1 Å². The highest BCUT2D eigenvalue weighted by molar-refractivity contribution is 5.97. The summed E-state index contributed by atoms with van der Waals surface area (Å²) in [7, 11) is 0. The summed E-state index contributed by atoms with van der Waals surface area (Å²) in [6.07, 6.45) is 9.03. The Bertz CT molecular complexity index is 1610. The van der Waals surface area contributed by atoms with E-state index in [1.807, 2.05) is 36.7 Å². The second-order valence-electron chi connectivity index (χ2n) is 8.48. The second kappa shape index (κ2) is 8.08. The van der Waals surface area contributed by atoms with Gasteiger partial charge in [-0.05, 0) is 55.8 Å². The number of nitrogens with zero attached hydrogens (tertiary/aromatic N) is 5. The average molecular weight is 447 g/mol. The van der Waals surface area contributed by atoms with Gasteiger partial charge in [0.2, 0.25) is 0 Å². The Labute approximate surface area is 195 Å². The molecule has 0 fully saturated rings. The molecule has 0 spiro atoms. The van der Waals surface area contributed by atoms with Crippen molar-refractivity contribution in [2.24, 2.45) is 0 Å². The summed E-state index contributed by atoms with van der Waals surface area (Å²) in [4.78, 5) is 21.5. The molecule has 8 heteroatoms. The van der Waals surface area contributed by atoms with Crippen LogP contribution in [0, 0.1) is 0 Å². The number of imidazole rings is 1. The van der Waals surface area contributed by atoms with Crippen LogP contribution in [0.2, 0.25) is 0 Å². The molecule has 0 bridgehead atoms. The quantitative estimate of drug-likeness (QED) is 0.325. The highest BCUT2D eigenvalue weighted by Crippen LogP contribution is 2.32. The van der Waals surface area contributed by atoms with Crippen LogP contribution < -0.4 is 5.32 Å². The van der Waals surface area contributed by atoms with E-state index in [1.165, 1.54) is 0 Å². The molecule has 0 amide bonds.